The van der Waals surface area contributed by atoms with Gasteiger partial charge in [0.25, 0.3) is 5.91 Å². The van der Waals surface area contributed by atoms with Crippen molar-refractivity contribution in [2.45, 2.75) is 18.6 Å². The first kappa shape index (κ1) is 20.3. The van der Waals surface area contributed by atoms with Gasteiger partial charge in [0.1, 0.15) is 29.1 Å². The van der Waals surface area contributed by atoms with Crippen LogP contribution in [0.2, 0.25) is 0 Å². The van der Waals surface area contributed by atoms with Crippen LogP contribution in [0.15, 0.2) is 36.4 Å². The summed E-state index contributed by atoms with van der Waals surface area (Å²) in [5, 5.41) is 10.9. The highest BCUT2D eigenvalue weighted by atomic mass is 19.4. The normalized spacial score (nSPS) is 12.5. The van der Waals surface area contributed by atoms with Crippen molar-refractivity contribution in [1.82, 2.24) is 5.32 Å². The van der Waals surface area contributed by atoms with E-state index in [1.165, 1.54) is 6.07 Å². The van der Waals surface area contributed by atoms with Gasteiger partial charge < -0.3 is 10.4 Å². The Balaban J connectivity index is 2.31. The second-order valence-corrected chi connectivity index (χ2v) is 5.47. The Morgan fingerprint density at radius 1 is 1.04 bits per heavy atom. The number of carboxylic acids is 1. The summed E-state index contributed by atoms with van der Waals surface area (Å²) in [4.78, 5) is 23.3. The SMILES string of the molecule is O=C(N[C@H](Cc1ccccc1C(F)(F)F)C(=O)O)c1c(F)cc(F)cc1F. The Kier molecular flexibility index (Phi) is 5.77. The molecule has 0 fully saturated rings. The number of hydrogen-bond donors (Lipinski definition) is 2. The van der Waals surface area contributed by atoms with Crippen LogP contribution in [0.3, 0.4) is 0 Å². The van der Waals surface area contributed by atoms with Gasteiger partial charge in [-0.25, -0.2) is 18.0 Å². The smallest absolute Gasteiger partial charge is 0.416 e. The summed E-state index contributed by atoms with van der Waals surface area (Å²) in [5.41, 5.74) is -2.78. The summed E-state index contributed by atoms with van der Waals surface area (Å²) < 4.78 is 79.1. The van der Waals surface area contributed by atoms with Crippen LogP contribution in [-0.4, -0.2) is 23.0 Å². The van der Waals surface area contributed by atoms with Crippen LogP contribution in [0.4, 0.5) is 26.3 Å². The number of carbonyl (C=O) groups excluding carboxylic acids is 1. The summed E-state index contributed by atoms with van der Waals surface area (Å²) in [7, 11) is 0. The van der Waals surface area contributed by atoms with Crippen LogP contribution in [0.25, 0.3) is 0 Å². The van der Waals surface area contributed by atoms with Crippen molar-refractivity contribution in [2.75, 3.05) is 0 Å². The third-order valence-corrected chi connectivity index (χ3v) is 3.58. The van der Waals surface area contributed by atoms with Crippen molar-refractivity contribution in [2.24, 2.45) is 0 Å². The molecule has 2 N–H and O–H groups in total. The summed E-state index contributed by atoms with van der Waals surface area (Å²) in [6, 6.07) is 2.61. The van der Waals surface area contributed by atoms with E-state index in [-0.39, 0.29) is 12.1 Å². The van der Waals surface area contributed by atoms with Crippen LogP contribution in [0, 0.1) is 17.5 Å². The maximum absolute atomic E-state index is 13.6. The Labute approximate surface area is 148 Å². The molecule has 144 valence electrons. The molecule has 0 aromatic heterocycles. The second-order valence-electron chi connectivity index (χ2n) is 5.47. The minimum Gasteiger partial charge on any atom is -0.480 e. The maximum atomic E-state index is 13.6. The zero-order valence-electron chi connectivity index (χ0n) is 13.3. The molecule has 0 saturated carbocycles. The largest absolute Gasteiger partial charge is 0.480 e. The van der Waals surface area contributed by atoms with Gasteiger partial charge in [-0.2, -0.15) is 13.2 Å². The third kappa shape index (κ3) is 4.78. The first-order valence-electron chi connectivity index (χ1n) is 7.34. The van der Waals surface area contributed by atoms with Gasteiger partial charge in [0.15, 0.2) is 0 Å². The lowest BCUT2D eigenvalue weighted by atomic mass is 9.99. The molecule has 0 bridgehead atoms. The molecule has 2 rings (SSSR count). The Hall–Kier alpha value is -3.04. The first-order chi connectivity index (χ1) is 12.5. The van der Waals surface area contributed by atoms with Crippen LogP contribution in [-0.2, 0) is 17.4 Å². The molecular weight excluding hydrogens is 380 g/mol. The zero-order valence-corrected chi connectivity index (χ0v) is 13.3. The summed E-state index contributed by atoms with van der Waals surface area (Å²) >= 11 is 0. The maximum Gasteiger partial charge on any atom is 0.416 e. The van der Waals surface area contributed by atoms with Gasteiger partial charge >= 0.3 is 12.1 Å². The molecule has 0 saturated heterocycles. The number of benzene rings is 2. The van der Waals surface area contributed by atoms with E-state index in [0.717, 1.165) is 18.2 Å². The van der Waals surface area contributed by atoms with Crippen molar-refractivity contribution < 1.29 is 41.0 Å². The summed E-state index contributed by atoms with van der Waals surface area (Å²) in [6.07, 6.45) is -5.56. The molecule has 0 spiro atoms. The first-order valence-corrected chi connectivity index (χ1v) is 7.34. The minimum atomic E-state index is -4.77. The van der Waals surface area contributed by atoms with Crippen LogP contribution < -0.4 is 5.32 Å². The molecule has 0 radical (unpaired) electrons. The van der Waals surface area contributed by atoms with Gasteiger partial charge in [0.05, 0.1) is 5.56 Å². The van der Waals surface area contributed by atoms with Crippen molar-refractivity contribution in [1.29, 1.82) is 0 Å². The van der Waals surface area contributed by atoms with E-state index in [0.29, 0.717) is 0 Å². The number of carbonyl (C=O) groups is 2. The number of aliphatic carboxylic acids is 1. The van der Waals surface area contributed by atoms with E-state index in [9.17, 15) is 35.9 Å². The zero-order chi connectivity index (χ0) is 20.4. The number of nitrogens with one attached hydrogen (secondary N) is 1. The fraction of sp³-hybridized carbons (Fsp3) is 0.176. The monoisotopic (exact) mass is 391 g/mol. The standard InChI is InChI=1S/C17H11F6NO3/c18-9-6-11(19)14(12(20)7-9)15(25)24-13(16(26)27)5-8-3-1-2-4-10(8)17(21,22)23/h1-4,6-7,13H,5H2,(H,24,25)(H,26,27)/t13-/m1/s1. The summed E-state index contributed by atoms with van der Waals surface area (Å²) in [6.45, 7) is 0. The lowest BCUT2D eigenvalue weighted by Gasteiger charge is -2.18. The average Bonchev–Trinajstić information content (AvgIpc) is 2.52. The fourth-order valence-corrected chi connectivity index (χ4v) is 2.38. The molecule has 0 heterocycles. The summed E-state index contributed by atoms with van der Waals surface area (Å²) in [5.74, 6) is -7.71. The minimum absolute atomic E-state index is 0.215. The van der Waals surface area contributed by atoms with Gasteiger partial charge in [0.2, 0.25) is 0 Å². The quantitative estimate of drug-likeness (QED) is 0.767. The lowest BCUT2D eigenvalue weighted by molar-refractivity contribution is -0.141. The van der Waals surface area contributed by atoms with Crippen molar-refractivity contribution in [3.8, 4) is 0 Å². The molecule has 0 aliphatic rings. The molecule has 0 aliphatic heterocycles. The van der Waals surface area contributed by atoms with E-state index < -0.39 is 64.7 Å². The van der Waals surface area contributed by atoms with Gasteiger partial charge in [0, 0.05) is 18.6 Å². The third-order valence-electron chi connectivity index (χ3n) is 3.58. The Morgan fingerprint density at radius 2 is 1.59 bits per heavy atom. The van der Waals surface area contributed by atoms with Crippen molar-refractivity contribution in [3.05, 3.63) is 70.5 Å². The topological polar surface area (TPSA) is 66.4 Å². The van der Waals surface area contributed by atoms with Gasteiger partial charge in [-0.15, -0.1) is 0 Å². The number of amides is 1. The van der Waals surface area contributed by atoms with E-state index in [2.05, 4.69) is 0 Å². The molecule has 2 aromatic rings. The molecule has 1 atom stereocenters. The van der Waals surface area contributed by atoms with Crippen molar-refractivity contribution >= 4 is 11.9 Å². The number of rotatable bonds is 5. The molecule has 0 unspecified atom stereocenters. The van der Waals surface area contributed by atoms with Crippen molar-refractivity contribution in [3.63, 3.8) is 0 Å². The highest BCUT2D eigenvalue weighted by Crippen LogP contribution is 2.32. The highest BCUT2D eigenvalue weighted by molar-refractivity contribution is 5.97. The second kappa shape index (κ2) is 7.68. The molecule has 27 heavy (non-hydrogen) atoms. The molecule has 10 heteroatoms. The number of halogens is 6. The van der Waals surface area contributed by atoms with E-state index in [4.69, 9.17) is 5.11 Å². The molecule has 0 aliphatic carbocycles. The molecular formula is C17H11F6NO3. The number of alkyl halides is 3. The van der Waals surface area contributed by atoms with Gasteiger partial charge in [-0.05, 0) is 11.6 Å². The van der Waals surface area contributed by atoms with Crippen LogP contribution in [0.5, 0.6) is 0 Å². The van der Waals surface area contributed by atoms with Crippen LogP contribution >= 0.6 is 0 Å². The molecule has 1 amide bonds. The van der Waals surface area contributed by atoms with Gasteiger partial charge in [-0.1, -0.05) is 18.2 Å². The van der Waals surface area contributed by atoms with E-state index >= 15 is 0 Å². The lowest BCUT2D eigenvalue weighted by Crippen LogP contribution is -2.43. The predicted molar refractivity (Wildman–Crippen MR) is 80.4 cm³/mol. The average molecular weight is 391 g/mol. The Morgan fingerprint density at radius 3 is 2.11 bits per heavy atom. The Bertz CT molecular complexity index is 858. The van der Waals surface area contributed by atoms with Gasteiger partial charge in [-0.3, -0.25) is 4.79 Å². The predicted octanol–water partition coefficient (Wildman–Crippen LogP) is 3.55. The fourth-order valence-electron chi connectivity index (χ4n) is 2.38. The molecule has 2 aromatic carbocycles. The number of hydrogen-bond acceptors (Lipinski definition) is 2. The van der Waals surface area contributed by atoms with E-state index in [1.807, 2.05) is 0 Å². The highest BCUT2D eigenvalue weighted by Gasteiger charge is 2.34. The van der Waals surface area contributed by atoms with Crippen LogP contribution in [0.1, 0.15) is 21.5 Å². The molecule has 4 nitrogen and oxygen atoms in total. The number of carboxylic acid groups (broad SMARTS) is 1. The van der Waals surface area contributed by atoms with E-state index in [1.54, 1.807) is 5.32 Å².